The molecule has 0 aliphatic carbocycles. The fourth-order valence-electron chi connectivity index (χ4n) is 2.25. The number of hydrogen-bond acceptors (Lipinski definition) is 3. The predicted molar refractivity (Wildman–Crippen MR) is 52.9 cm³/mol. The first-order valence-corrected chi connectivity index (χ1v) is 5.22. The Bertz CT molecular complexity index is 170. The van der Waals surface area contributed by atoms with E-state index in [0.717, 1.165) is 13.2 Å². The van der Waals surface area contributed by atoms with Crippen LogP contribution in [0.4, 0.5) is 0 Å². The van der Waals surface area contributed by atoms with E-state index in [1.54, 1.807) is 0 Å². The van der Waals surface area contributed by atoms with Crippen LogP contribution in [0.1, 0.15) is 13.3 Å². The number of rotatable bonds is 1. The average Bonchev–Trinajstić information content (AvgIpc) is 2.54. The van der Waals surface area contributed by atoms with E-state index in [-0.39, 0.29) is 0 Å². The summed E-state index contributed by atoms with van der Waals surface area (Å²) in [7, 11) is 2.20. The molecule has 2 rings (SSSR count). The van der Waals surface area contributed by atoms with Crippen LogP contribution in [0.25, 0.3) is 0 Å². The second-order valence-corrected chi connectivity index (χ2v) is 4.59. The Kier molecular flexibility index (Phi) is 2.58. The molecular weight excluding hydrogens is 164 g/mol. The van der Waals surface area contributed by atoms with Crippen LogP contribution in [0.2, 0.25) is 0 Å². The lowest BCUT2D eigenvalue weighted by Gasteiger charge is -2.42. The molecule has 0 saturated carbocycles. The van der Waals surface area contributed by atoms with Crippen molar-refractivity contribution < 1.29 is 4.74 Å². The largest absolute Gasteiger partial charge is 0.379 e. The highest BCUT2D eigenvalue weighted by molar-refractivity contribution is 4.91. The number of nitrogens with zero attached hydrogens (tertiary/aromatic N) is 2. The Morgan fingerprint density at radius 3 is 2.38 bits per heavy atom. The normalized spacial score (nSPS) is 38.3. The standard InChI is InChI=1S/C10H20N2O/c1-10(3-8-13-9-10)12-6-4-11(2)5-7-12/h3-9H2,1-2H3. The monoisotopic (exact) mass is 184 g/mol. The van der Waals surface area contributed by atoms with E-state index in [1.165, 1.54) is 32.6 Å². The van der Waals surface area contributed by atoms with Crippen molar-refractivity contribution in [1.29, 1.82) is 0 Å². The molecule has 0 bridgehead atoms. The molecule has 0 aromatic carbocycles. The average molecular weight is 184 g/mol. The zero-order chi connectivity index (χ0) is 9.31. The van der Waals surface area contributed by atoms with Gasteiger partial charge >= 0.3 is 0 Å². The van der Waals surface area contributed by atoms with Gasteiger partial charge in [0.05, 0.1) is 6.61 Å². The summed E-state index contributed by atoms with van der Waals surface area (Å²) in [6, 6.07) is 0. The van der Waals surface area contributed by atoms with Crippen LogP contribution in [-0.2, 0) is 4.74 Å². The minimum atomic E-state index is 0.335. The molecule has 76 valence electrons. The summed E-state index contributed by atoms with van der Waals surface area (Å²) in [6.07, 6.45) is 1.21. The molecule has 2 saturated heterocycles. The molecule has 0 spiro atoms. The van der Waals surface area contributed by atoms with Crippen LogP contribution >= 0.6 is 0 Å². The highest BCUT2D eigenvalue weighted by Crippen LogP contribution is 2.26. The maximum atomic E-state index is 5.48. The molecule has 3 nitrogen and oxygen atoms in total. The Morgan fingerprint density at radius 2 is 1.85 bits per heavy atom. The Morgan fingerprint density at radius 1 is 1.15 bits per heavy atom. The van der Waals surface area contributed by atoms with Gasteiger partial charge in [0.1, 0.15) is 0 Å². The fourth-order valence-corrected chi connectivity index (χ4v) is 2.25. The first-order valence-electron chi connectivity index (χ1n) is 5.22. The topological polar surface area (TPSA) is 15.7 Å². The van der Waals surface area contributed by atoms with Crippen molar-refractivity contribution in [2.24, 2.45) is 0 Å². The van der Waals surface area contributed by atoms with Crippen LogP contribution in [-0.4, -0.2) is 61.8 Å². The van der Waals surface area contributed by atoms with E-state index in [0.29, 0.717) is 5.54 Å². The van der Waals surface area contributed by atoms with Crippen molar-refractivity contribution in [2.45, 2.75) is 18.9 Å². The summed E-state index contributed by atoms with van der Waals surface area (Å²) < 4.78 is 5.48. The van der Waals surface area contributed by atoms with Gasteiger partial charge in [0.15, 0.2) is 0 Å². The number of likely N-dealkylation sites (N-methyl/N-ethyl adjacent to an activating group) is 1. The van der Waals surface area contributed by atoms with Gasteiger partial charge in [-0.3, -0.25) is 4.90 Å². The van der Waals surface area contributed by atoms with Gasteiger partial charge in [0, 0.05) is 38.3 Å². The summed E-state index contributed by atoms with van der Waals surface area (Å²) in [5.74, 6) is 0. The van der Waals surface area contributed by atoms with E-state index < -0.39 is 0 Å². The Balaban J connectivity index is 1.93. The molecule has 1 atom stereocenters. The fraction of sp³-hybridized carbons (Fsp3) is 1.00. The van der Waals surface area contributed by atoms with E-state index in [9.17, 15) is 0 Å². The molecule has 1 unspecified atom stereocenters. The van der Waals surface area contributed by atoms with Crippen molar-refractivity contribution in [3.05, 3.63) is 0 Å². The molecule has 0 radical (unpaired) electrons. The van der Waals surface area contributed by atoms with Gasteiger partial charge in [-0.05, 0) is 20.4 Å². The lowest BCUT2D eigenvalue weighted by Crippen LogP contribution is -2.55. The predicted octanol–water partition coefficient (Wildman–Crippen LogP) is 0.413. The maximum absolute atomic E-state index is 5.48. The summed E-state index contributed by atoms with van der Waals surface area (Å²) >= 11 is 0. The van der Waals surface area contributed by atoms with E-state index in [4.69, 9.17) is 4.74 Å². The molecule has 13 heavy (non-hydrogen) atoms. The molecule has 0 N–H and O–H groups in total. The number of piperazine rings is 1. The first-order chi connectivity index (χ1) is 6.21. The summed E-state index contributed by atoms with van der Waals surface area (Å²) in [4.78, 5) is 5.00. The minimum absolute atomic E-state index is 0.335. The number of ether oxygens (including phenoxy) is 1. The van der Waals surface area contributed by atoms with Gasteiger partial charge in [-0.15, -0.1) is 0 Å². The van der Waals surface area contributed by atoms with Crippen molar-refractivity contribution in [1.82, 2.24) is 9.80 Å². The molecule has 0 aromatic heterocycles. The molecular formula is C10H20N2O. The minimum Gasteiger partial charge on any atom is -0.379 e. The van der Waals surface area contributed by atoms with Crippen LogP contribution in [0.15, 0.2) is 0 Å². The van der Waals surface area contributed by atoms with Gasteiger partial charge in [-0.25, -0.2) is 0 Å². The third-order valence-electron chi connectivity index (χ3n) is 3.46. The molecule has 2 fully saturated rings. The molecule has 0 aromatic rings. The van der Waals surface area contributed by atoms with Crippen molar-refractivity contribution >= 4 is 0 Å². The summed E-state index contributed by atoms with van der Waals surface area (Å²) in [5, 5.41) is 0. The lowest BCUT2D eigenvalue weighted by atomic mass is 9.98. The second kappa shape index (κ2) is 3.56. The smallest absolute Gasteiger partial charge is 0.0648 e. The molecule has 0 amide bonds. The van der Waals surface area contributed by atoms with Crippen LogP contribution in [0, 0.1) is 0 Å². The number of hydrogen-bond donors (Lipinski definition) is 0. The lowest BCUT2D eigenvalue weighted by molar-refractivity contribution is 0.0404. The van der Waals surface area contributed by atoms with Gasteiger partial charge in [0.2, 0.25) is 0 Å². The van der Waals surface area contributed by atoms with E-state index >= 15 is 0 Å². The highest BCUT2D eigenvalue weighted by atomic mass is 16.5. The zero-order valence-corrected chi connectivity index (χ0v) is 8.75. The Labute approximate surface area is 80.6 Å². The third kappa shape index (κ3) is 1.87. The Hall–Kier alpha value is -0.120. The van der Waals surface area contributed by atoms with Gasteiger partial charge < -0.3 is 9.64 Å². The molecule has 3 heteroatoms. The van der Waals surface area contributed by atoms with E-state index in [1.807, 2.05) is 0 Å². The van der Waals surface area contributed by atoms with Crippen LogP contribution in [0.3, 0.4) is 0 Å². The van der Waals surface area contributed by atoms with Crippen LogP contribution in [0.5, 0.6) is 0 Å². The van der Waals surface area contributed by atoms with Crippen molar-refractivity contribution in [3.63, 3.8) is 0 Å². The van der Waals surface area contributed by atoms with Gasteiger partial charge in [-0.1, -0.05) is 0 Å². The van der Waals surface area contributed by atoms with Gasteiger partial charge in [-0.2, -0.15) is 0 Å². The van der Waals surface area contributed by atoms with Crippen LogP contribution < -0.4 is 0 Å². The summed E-state index contributed by atoms with van der Waals surface area (Å²) in [5.41, 5.74) is 0.335. The van der Waals surface area contributed by atoms with Gasteiger partial charge in [0.25, 0.3) is 0 Å². The first kappa shape index (κ1) is 9.44. The van der Waals surface area contributed by atoms with E-state index in [2.05, 4.69) is 23.8 Å². The second-order valence-electron chi connectivity index (χ2n) is 4.59. The summed E-state index contributed by atoms with van der Waals surface area (Å²) in [6.45, 7) is 9.03. The highest BCUT2D eigenvalue weighted by Gasteiger charge is 2.36. The molecule has 2 heterocycles. The third-order valence-corrected chi connectivity index (χ3v) is 3.46. The molecule has 2 aliphatic heterocycles. The molecule has 2 aliphatic rings. The SMILES string of the molecule is CN1CCN(C2(C)CCOC2)CC1. The quantitative estimate of drug-likeness (QED) is 0.587. The van der Waals surface area contributed by atoms with Crippen molar-refractivity contribution in [2.75, 3.05) is 46.4 Å². The maximum Gasteiger partial charge on any atom is 0.0648 e. The zero-order valence-electron chi connectivity index (χ0n) is 8.75. The van der Waals surface area contributed by atoms with Crippen molar-refractivity contribution in [3.8, 4) is 0 Å².